The zero-order chi connectivity index (χ0) is 13.1. The molecule has 4 N–H and O–H groups in total. The minimum absolute atomic E-state index is 0.0784. The van der Waals surface area contributed by atoms with Crippen molar-refractivity contribution in [1.29, 1.82) is 0 Å². The molecule has 0 saturated heterocycles. The lowest BCUT2D eigenvalue weighted by Crippen LogP contribution is -2.56. The number of sulfonamides is 1. The van der Waals surface area contributed by atoms with E-state index in [1.165, 1.54) is 6.07 Å². The summed E-state index contributed by atoms with van der Waals surface area (Å²) in [5.41, 5.74) is -1.64. The maximum Gasteiger partial charge on any atom is 0.250 e. The van der Waals surface area contributed by atoms with E-state index >= 15 is 0 Å². The van der Waals surface area contributed by atoms with E-state index in [-0.39, 0.29) is 4.21 Å². The van der Waals surface area contributed by atoms with E-state index < -0.39 is 35.4 Å². The Morgan fingerprint density at radius 2 is 1.76 bits per heavy atom. The van der Waals surface area contributed by atoms with Gasteiger partial charge in [0.2, 0.25) is 0 Å². The first kappa shape index (κ1) is 14.6. The van der Waals surface area contributed by atoms with Crippen molar-refractivity contribution in [2.45, 2.75) is 16.7 Å². The van der Waals surface area contributed by atoms with Gasteiger partial charge >= 0.3 is 0 Å². The first-order valence-electron chi connectivity index (χ1n) is 4.82. The molecule has 1 rings (SSSR count). The highest BCUT2D eigenvalue weighted by Gasteiger charge is 2.34. The largest absolute Gasteiger partial charge is 0.394 e. The Kier molecular flexibility index (Phi) is 4.64. The van der Waals surface area contributed by atoms with Gasteiger partial charge < -0.3 is 15.3 Å². The zero-order valence-electron chi connectivity index (χ0n) is 9.25. The molecule has 0 saturated carbocycles. The Morgan fingerprint density at radius 1 is 1.24 bits per heavy atom. The third-order valence-corrected chi connectivity index (χ3v) is 5.31. The topological polar surface area (TPSA) is 107 Å². The summed E-state index contributed by atoms with van der Waals surface area (Å²) in [7, 11) is -3.84. The number of hydrogen-bond acceptors (Lipinski definition) is 6. The molecule has 8 heteroatoms. The lowest BCUT2D eigenvalue weighted by Gasteiger charge is -2.27. The minimum atomic E-state index is -3.84. The van der Waals surface area contributed by atoms with Crippen LogP contribution in [0.1, 0.15) is 4.88 Å². The second kappa shape index (κ2) is 5.42. The van der Waals surface area contributed by atoms with Gasteiger partial charge in [0.1, 0.15) is 9.75 Å². The van der Waals surface area contributed by atoms with Crippen LogP contribution in [0.5, 0.6) is 0 Å². The number of rotatable bonds is 6. The standard InChI is InChI=1S/C9H15NO5S2/c1-7-2-3-8(16-7)17(14,15)10-9(4-11,5-12)6-13/h2-3,10-13H,4-6H2,1H3. The van der Waals surface area contributed by atoms with Gasteiger partial charge in [0.25, 0.3) is 10.0 Å². The Morgan fingerprint density at radius 3 is 2.12 bits per heavy atom. The smallest absolute Gasteiger partial charge is 0.250 e. The molecule has 0 radical (unpaired) electrons. The van der Waals surface area contributed by atoms with Crippen LogP contribution in [0.4, 0.5) is 0 Å². The number of aryl methyl sites for hydroxylation is 1. The van der Waals surface area contributed by atoms with Crippen LogP contribution in [-0.2, 0) is 10.0 Å². The fourth-order valence-electron chi connectivity index (χ4n) is 1.14. The average molecular weight is 281 g/mol. The van der Waals surface area contributed by atoms with Crippen LogP contribution in [0.15, 0.2) is 16.3 Å². The second-order valence-corrected chi connectivity index (χ2v) is 6.92. The molecule has 0 amide bonds. The van der Waals surface area contributed by atoms with Crippen molar-refractivity contribution in [2.24, 2.45) is 0 Å². The fraction of sp³-hybridized carbons (Fsp3) is 0.556. The lowest BCUT2D eigenvalue weighted by atomic mass is 10.1. The molecular weight excluding hydrogens is 266 g/mol. The van der Waals surface area contributed by atoms with E-state index in [4.69, 9.17) is 15.3 Å². The molecule has 0 unspecified atom stereocenters. The summed E-state index contributed by atoms with van der Waals surface area (Å²) in [5.74, 6) is 0. The molecule has 0 aromatic carbocycles. The van der Waals surface area contributed by atoms with E-state index in [1.54, 1.807) is 13.0 Å². The molecule has 0 aliphatic rings. The van der Waals surface area contributed by atoms with Gasteiger partial charge in [-0.2, -0.15) is 4.72 Å². The van der Waals surface area contributed by atoms with Gasteiger partial charge in [0.15, 0.2) is 0 Å². The monoisotopic (exact) mass is 281 g/mol. The number of hydrogen-bond donors (Lipinski definition) is 4. The van der Waals surface area contributed by atoms with Crippen molar-refractivity contribution in [3.05, 3.63) is 17.0 Å². The van der Waals surface area contributed by atoms with E-state index in [0.717, 1.165) is 16.2 Å². The Hall–Kier alpha value is -0.510. The van der Waals surface area contributed by atoms with Crippen LogP contribution in [0.25, 0.3) is 0 Å². The summed E-state index contributed by atoms with van der Waals surface area (Å²) in [6.45, 7) is -0.308. The van der Waals surface area contributed by atoms with Crippen LogP contribution in [0, 0.1) is 6.92 Å². The number of thiophene rings is 1. The molecule has 0 fully saturated rings. The van der Waals surface area contributed by atoms with Crippen molar-refractivity contribution in [2.75, 3.05) is 19.8 Å². The first-order valence-corrected chi connectivity index (χ1v) is 7.12. The predicted octanol–water partition coefficient (Wildman–Crippen LogP) is -0.949. The molecule has 0 atom stereocenters. The van der Waals surface area contributed by atoms with Crippen molar-refractivity contribution in [1.82, 2.24) is 4.72 Å². The molecule has 6 nitrogen and oxygen atoms in total. The molecule has 0 aliphatic heterocycles. The van der Waals surface area contributed by atoms with Crippen LogP contribution in [0.3, 0.4) is 0 Å². The van der Waals surface area contributed by atoms with Crippen LogP contribution < -0.4 is 4.72 Å². The van der Waals surface area contributed by atoms with Gasteiger partial charge in [-0.15, -0.1) is 11.3 Å². The van der Waals surface area contributed by atoms with Gasteiger partial charge in [-0.1, -0.05) is 0 Å². The Balaban J connectivity index is 3.00. The van der Waals surface area contributed by atoms with Crippen LogP contribution in [0.2, 0.25) is 0 Å². The summed E-state index contributed by atoms with van der Waals surface area (Å²) >= 11 is 1.07. The number of aliphatic hydroxyl groups excluding tert-OH is 3. The highest BCUT2D eigenvalue weighted by Crippen LogP contribution is 2.21. The van der Waals surface area contributed by atoms with E-state index in [2.05, 4.69) is 4.72 Å². The van der Waals surface area contributed by atoms with Crippen molar-refractivity contribution in [3.63, 3.8) is 0 Å². The second-order valence-electron chi connectivity index (χ2n) is 3.73. The molecule has 0 bridgehead atoms. The van der Waals surface area contributed by atoms with Gasteiger partial charge in [-0.05, 0) is 19.1 Å². The summed E-state index contributed by atoms with van der Waals surface area (Å²) in [4.78, 5) is 0.827. The SMILES string of the molecule is Cc1ccc(S(=O)(=O)NC(CO)(CO)CO)s1. The minimum Gasteiger partial charge on any atom is -0.394 e. The molecule has 1 aromatic rings. The number of nitrogens with one attached hydrogen (secondary N) is 1. The van der Waals surface area contributed by atoms with E-state index in [1.807, 2.05) is 0 Å². The van der Waals surface area contributed by atoms with Crippen LogP contribution in [-0.4, -0.2) is 49.1 Å². The number of aliphatic hydroxyl groups is 3. The van der Waals surface area contributed by atoms with Crippen molar-refractivity contribution < 1.29 is 23.7 Å². The van der Waals surface area contributed by atoms with Crippen LogP contribution >= 0.6 is 11.3 Å². The summed E-state index contributed by atoms with van der Waals surface area (Å²) in [6, 6.07) is 3.08. The Bertz CT molecular complexity index is 455. The Labute approximate surface area is 104 Å². The summed E-state index contributed by atoms with van der Waals surface area (Å²) in [5, 5.41) is 27.1. The predicted molar refractivity (Wildman–Crippen MR) is 63.4 cm³/mol. The van der Waals surface area contributed by atoms with Crippen molar-refractivity contribution >= 4 is 21.4 Å². The third-order valence-electron chi connectivity index (χ3n) is 2.24. The molecule has 1 heterocycles. The lowest BCUT2D eigenvalue weighted by molar-refractivity contribution is 0.0582. The molecule has 0 spiro atoms. The normalized spacial score (nSPS) is 12.9. The molecular formula is C9H15NO5S2. The first-order chi connectivity index (χ1) is 7.89. The van der Waals surface area contributed by atoms with E-state index in [0.29, 0.717) is 0 Å². The molecule has 0 aliphatic carbocycles. The van der Waals surface area contributed by atoms with Gasteiger partial charge in [0.05, 0.1) is 19.8 Å². The fourth-order valence-corrected chi connectivity index (χ4v) is 3.80. The van der Waals surface area contributed by atoms with Crippen molar-refractivity contribution in [3.8, 4) is 0 Å². The van der Waals surface area contributed by atoms with Gasteiger partial charge in [-0.3, -0.25) is 0 Å². The molecule has 98 valence electrons. The van der Waals surface area contributed by atoms with Gasteiger partial charge in [0, 0.05) is 4.88 Å². The maximum atomic E-state index is 11.9. The quantitative estimate of drug-likeness (QED) is 0.538. The highest BCUT2D eigenvalue weighted by molar-refractivity contribution is 7.91. The average Bonchev–Trinajstić information content (AvgIpc) is 2.74. The molecule has 17 heavy (non-hydrogen) atoms. The summed E-state index contributed by atoms with van der Waals surface area (Å²) < 4.78 is 26.0. The highest BCUT2D eigenvalue weighted by atomic mass is 32.2. The third kappa shape index (κ3) is 3.24. The van der Waals surface area contributed by atoms with Gasteiger partial charge in [-0.25, -0.2) is 8.42 Å². The van der Waals surface area contributed by atoms with E-state index in [9.17, 15) is 8.42 Å². The maximum absolute atomic E-state index is 11.9. The molecule has 1 aromatic heterocycles. The summed E-state index contributed by atoms with van der Waals surface area (Å²) in [6.07, 6.45) is 0. The zero-order valence-corrected chi connectivity index (χ0v) is 10.9.